The van der Waals surface area contributed by atoms with Crippen molar-refractivity contribution in [3.8, 4) is 0 Å². The van der Waals surface area contributed by atoms with Crippen LogP contribution in [0.4, 0.5) is 45.5 Å². The van der Waals surface area contributed by atoms with E-state index in [2.05, 4.69) is 48.0 Å². The Morgan fingerprint density at radius 2 is 1.12 bits per heavy atom. The summed E-state index contributed by atoms with van der Waals surface area (Å²) in [4.78, 5) is 12.6. The standard InChI is InChI=1S/C31H28N8O9S3/c1-5-49(41,42)21-13-9-11-19(17-21)34-37-28-25(31(40)47-3)29(38-36-23-15-7-8-16-24(23)51(45,46)48-4)27(33)30(26(28)32)39-35-20-12-10-14-22(18-20)50(43,44)6-2/h5-18H,1-2,32-33H2,3-4H3. The highest BCUT2D eigenvalue weighted by Crippen LogP contribution is 2.49. The molecule has 4 N–H and O–H groups in total. The Kier molecular flexibility index (Phi) is 11.3. The molecule has 264 valence electrons. The van der Waals surface area contributed by atoms with Crippen molar-refractivity contribution in [2.75, 3.05) is 25.7 Å². The van der Waals surface area contributed by atoms with Gasteiger partial charge >= 0.3 is 5.97 Å². The van der Waals surface area contributed by atoms with E-state index in [-0.39, 0.29) is 43.1 Å². The van der Waals surface area contributed by atoms with E-state index in [4.69, 9.17) is 16.2 Å². The van der Waals surface area contributed by atoms with Crippen molar-refractivity contribution in [3.05, 3.63) is 102 Å². The third kappa shape index (κ3) is 8.27. The van der Waals surface area contributed by atoms with Gasteiger partial charge in [0.2, 0.25) is 0 Å². The number of hydrogen-bond donors (Lipinski definition) is 2. The average Bonchev–Trinajstić information content (AvgIpc) is 3.13. The molecule has 0 aliphatic carbocycles. The molecule has 0 saturated heterocycles. The maximum absolute atomic E-state index is 13.3. The molecule has 0 unspecified atom stereocenters. The van der Waals surface area contributed by atoms with Gasteiger partial charge in [-0.05, 0) is 48.5 Å². The van der Waals surface area contributed by atoms with Gasteiger partial charge in [0, 0.05) is 10.8 Å². The number of rotatable bonds is 13. The Hall–Kier alpha value is -5.96. The Balaban J connectivity index is 2.02. The summed E-state index contributed by atoms with van der Waals surface area (Å²) in [6.07, 6.45) is 0. The fourth-order valence-electron chi connectivity index (χ4n) is 4.16. The molecule has 0 spiro atoms. The van der Waals surface area contributed by atoms with Crippen molar-refractivity contribution < 1.29 is 39.0 Å². The van der Waals surface area contributed by atoms with Crippen LogP contribution in [0.5, 0.6) is 0 Å². The van der Waals surface area contributed by atoms with Crippen LogP contribution < -0.4 is 11.5 Å². The van der Waals surface area contributed by atoms with E-state index in [0.29, 0.717) is 0 Å². The van der Waals surface area contributed by atoms with Crippen molar-refractivity contribution >= 4 is 81.3 Å². The second kappa shape index (κ2) is 15.3. The number of esters is 1. The lowest BCUT2D eigenvalue weighted by molar-refractivity contribution is 0.0602. The van der Waals surface area contributed by atoms with Gasteiger partial charge in [-0.2, -0.15) is 18.6 Å². The summed E-state index contributed by atoms with van der Waals surface area (Å²) in [6, 6.07) is 16.1. The number of nitrogens with two attached hydrogens (primary N) is 2. The van der Waals surface area contributed by atoms with Crippen LogP contribution in [0.3, 0.4) is 0 Å². The molecule has 0 atom stereocenters. The zero-order valence-corrected chi connectivity index (χ0v) is 29.2. The summed E-state index contributed by atoms with van der Waals surface area (Å²) in [6.45, 7) is 6.60. The molecule has 51 heavy (non-hydrogen) atoms. The lowest BCUT2D eigenvalue weighted by Gasteiger charge is -2.14. The molecule has 0 saturated carbocycles. The summed E-state index contributed by atoms with van der Waals surface area (Å²) in [7, 11) is -9.97. The van der Waals surface area contributed by atoms with Gasteiger partial charge in [-0.3, -0.25) is 4.18 Å². The first kappa shape index (κ1) is 37.9. The molecule has 17 nitrogen and oxygen atoms in total. The molecule has 20 heteroatoms. The fourth-order valence-corrected chi connectivity index (χ4v) is 6.44. The van der Waals surface area contributed by atoms with Gasteiger partial charge in [-0.1, -0.05) is 37.4 Å². The molecule has 0 radical (unpaired) electrons. The monoisotopic (exact) mass is 752 g/mol. The van der Waals surface area contributed by atoms with E-state index in [1.807, 2.05) is 0 Å². The number of sulfone groups is 2. The van der Waals surface area contributed by atoms with Crippen molar-refractivity contribution in [1.82, 2.24) is 0 Å². The average molecular weight is 753 g/mol. The van der Waals surface area contributed by atoms with Gasteiger partial charge in [0.05, 0.1) is 46.8 Å². The molecule has 0 bridgehead atoms. The molecule has 0 fully saturated rings. The minimum atomic E-state index is -4.27. The van der Waals surface area contributed by atoms with Crippen LogP contribution in [-0.4, -0.2) is 45.4 Å². The quantitative estimate of drug-likeness (QED) is 0.0604. The van der Waals surface area contributed by atoms with Crippen LogP contribution in [0.15, 0.2) is 142 Å². The summed E-state index contributed by atoms with van der Waals surface area (Å²) < 4.78 is 84.0. The Morgan fingerprint density at radius 1 is 0.647 bits per heavy atom. The minimum Gasteiger partial charge on any atom is -0.465 e. The lowest BCUT2D eigenvalue weighted by atomic mass is 10.1. The highest BCUT2D eigenvalue weighted by molar-refractivity contribution is 7.94. The first-order valence-corrected chi connectivity index (χ1v) is 18.5. The maximum Gasteiger partial charge on any atom is 0.342 e. The zero-order chi connectivity index (χ0) is 37.6. The zero-order valence-electron chi connectivity index (χ0n) is 26.7. The van der Waals surface area contributed by atoms with Crippen LogP contribution in [-0.2, 0) is 38.7 Å². The molecular weight excluding hydrogens is 725 g/mol. The smallest absolute Gasteiger partial charge is 0.342 e. The molecule has 4 aromatic carbocycles. The van der Waals surface area contributed by atoms with E-state index in [1.165, 1.54) is 72.8 Å². The summed E-state index contributed by atoms with van der Waals surface area (Å²) in [5.41, 5.74) is 10.3. The third-order valence-corrected chi connectivity index (χ3v) is 10.8. The summed E-state index contributed by atoms with van der Waals surface area (Å²) in [5.74, 6) is -1.08. The van der Waals surface area contributed by atoms with Gasteiger partial charge in [0.1, 0.15) is 33.2 Å². The van der Waals surface area contributed by atoms with Gasteiger partial charge in [-0.15, -0.1) is 20.5 Å². The fraction of sp³-hybridized carbons (Fsp3) is 0.0645. The predicted octanol–water partition coefficient (Wildman–Crippen LogP) is 7.05. The Labute approximate surface area is 292 Å². The normalized spacial score (nSPS) is 12.4. The molecule has 0 aliphatic heterocycles. The van der Waals surface area contributed by atoms with Crippen molar-refractivity contribution in [2.24, 2.45) is 30.7 Å². The number of hydrogen-bond acceptors (Lipinski definition) is 17. The first-order valence-electron chi connectivity index (χ1n) is 14.0. The van der Waals surface area contributed by atoms with E-state index in [0.717, 1.165) is 25.0 Å². The number of azo groups is 3. The third-order valence-electron chi connectivity index (χ3n) is 6.76. The number of carbonyl (C=O) groups excluding carboxylic acids is 1. The number of ether oxygens (including phenoxy) is 1. The molecule has 4 aromatic rings. The van der Waals surface area contributed by atoms with Crippen molar-refractivity contribution in [2.45, 2.75) is 14.7 Å². The van der Waals surface area contributed by atoms with Crippen LogP contribution in [0, 0.1) is 0 Å². The number of benzene rings is 4. The number of nitrogen functional groups attached to an aromatic ring is 2. The first-order chi connectivity index (χ1) is 24.1. The van der Waals surface area contributed by atoms with Gasteiger partial charge in [0.15, 0.2) is 19.7 Å². The number of methoxy groups -OCH3 is 1. The summed E-state index contributed by atoms with van der Waals surface area (Å²) in [5, 5.41) is 25.9. The van der Waals surface area contributed by atoms with Crippen molar-refractivity contribution in [3.63, 3.8) is 0 Å². The van der Waals surface area contributed by atoms with Gasteiger partial charge in [0.25, 0.3) is 10.1 Å². The molecule has 4 rings (SSSR count). The second-order valence-electron chi connectivity index (χ2n) is 9.85. The molecule has 0 heterocycles. The van der Waals surface area contributed by atoms with Crippen molar-refractivity contribution in [1.29, 1.82) is 0 Å². The largest absolute Gasteiger partial charge is 0.465 e. The summed E-state index contributed by atoms with van der Waals surface area (Å²) >= 11 is 0. The number of anilines is 2. The van der Waals surface area contributed by atoms with Gasteiger partial charge < -0.3 is 16.2 Å². The number of nitrogens with zero attached hydrogens (tertiary/aromatic N) is 6. The topological polar surface area (TPSA) is 264 Å². The van der Waals surface area contributed by atoms with Crippen LogP contribution in [0.2, 0.25) is 0 Å². The predicted molar refractivity (Wildman–Crippen MR) is 187 cm³/mol. The van der Waals surface area contributed by atoms with E-state index >= 15 is 0 Å². The highest BCUT2D eigenvalue weighted by atomic mass is 32.2. The number of carbonyl (C=O) groups is 1. The Bertz CT molecular complexity index is 2480. The Morgan fingerprint density at radius 3 is 1.59 bits per heavy atom. The minimum absolute atomic E-state index is 0.00950. The lowest BCUT2D eigenvalue weighted by Crippen LogP contribution is -2.06. The van der Waals surface area contributed by atoms with Crippen LogP contribution in [0.1, 0.15) is 10.4 Å². The van der Waals surface area contributed by atoms with Crippen LogP contribution >= 0.6 is 0 Å². The van der Waals surface area contributed by atoms with E-state index in [1.54, 1.807) is 0 Å². The van der Waals surface area contributed by atoms with E-state index < -0.39 is 58.4 Å². The van der Waals surface area contributed by atoms with Gasteiger partial charge in [-0.25, -0.2) is 21.6 Å². The maximum atomic E-state index is 13.3. The highest BCUT2D eigenvalue weighted by Gasteiger charge is 2.28. The molecule has 0 aliphatic rings. The molecule has 0 aromatic heterocycles. The second-order valence-corrected chi connectivity index (χ2v) is 15.3. The van der Waals surface area contributed by atoms with E-state index in [9.17, 15) is 30.0 Å². The molecule has 0 amide bonds. The molecular formula is C31H28N8O9S3. The SMILES string of the molecule is C=CS(=O)(=O)c1cccc(N=Nc2c(N)c(N=Nc3cccc(S(=O)(=O)C=C)c3)c(C(=O)OC)c(N=Nc3ccccc3S(=O)(=O)OC)c2N)c1. The van der Waals surface area contributed by atoms with Crippen LogP contribution in [0.25, 0.3) is 0 Å².